The minimum Gasteiger partial charge on any atom is -0.495 e. The van der Waals surface area contributed by atoms with Crippen LogP contribution in [0.25, 0.3) is 0 Å². The second kappa shape index (κ2) is 7.16. The fraction of sp³-hybridized carbons (Fsp3) is 0.333. The topological polar surface area (TPSA) is 49.7 Å². The minimum absolute atomic E-state index is 0.00952. The van der Waals surface area contributed by atoms with Gasteiger partial charge in [0.2, 0.25) is 0 Å². The fourth-order valence-electron chi connectivity index (χ4n) is 3.89. The van der Waals surface area contributed by atoms with Crippen molar-refractivity contribution in [2.24, 2.45) is 5.92 Å². The van der Waals surface area contributed by atoms with Crippen LogP contribution in [0.5, 0.6) is 0 Å². The summed E-state index contributed by atoms with van der Waals surface area (Å²) in [5.74, 6) is 0.103. The van der Waals surface area contributed by atoms with E-state index in [4.69, 9.17) is 4.74 Å². The highest BCUT2D eigenvalue weighted by atomic mass is 28.4. The Bertz CT molecular complexity index is 673. The third-order valence-corrected chi connectivity index (χ3v) is 9.85. The van der Waals surface area contributed by atoms with E-state index in [0.717, 1.165) is 16.8 Å². The number of benzene rings is 2. The second-order valence-corrected chi connectivity index (χ2v) is 11.3. The number of ether oxygens (including phenoxy) is 1. The van der Waals surface area contributed by atoms with Gasteiger partial charge in [-0.1, -0.05) is 74.5 Å². The van der Waals surface area contributed by atoms with Gasteiger partial charge in [-0.2, -0.15) is 0 Å². The molecule has 2 N–H and O–H groups in total. The van der Waals surface area contributed by atoms with E-state index in [2.05, 4.69) is 13.8 Å². The monoisotopic (exact) mass is 354 g/mol. The van der Waals surface area contributed by atoms with Gasteiger partial charge >= 0.3 is 0 Å². The smallest absolute Gasteiger partial charge is 0.258 e. The molecule has 4 heteroatoms. The normalized spacial score (nSPS) is 20.5. The van der Waals surface area contributed by atoms with Crippen molar-refractivity contribution < 1.29 is 14.6 Å². The molecule has 0 aliphatic carbocycles. The number of hydrogen-bond donors (Lipinski definition) is 2. The summed E-state index contributed by atoms with van der Waals surface area (Å²) in [7, 11) is -3.01. The summed E-state index contributed by atoms with van der Waals surface area (Å²) in [6.45, 7) is 4.27. The first-order chi connectivity index (χ1) is 12.0. The summed E-state index contributed by atoms with van der Waals surface area (Å²) in [6, 6.07) is 20.0. The van der Waals surface area contributed by atoms with Gasteiger partial charge in [-0.3, -0.25) is 0 Å². The lowest BCUT2D eigenvalue weighted by Crippen LogP contribution is -2.65. The highest BCUT2D eigenvalue weighted by molar-refractivity contribution is 6.98. The molecular formula is C21H26O3Si. The van der Waals surface area contributed by atoms with Crippen molar-refractivity contribution in [3.8, 4) is 0 Å². The van der Waals surface area contributed by atoms with Crippen LogP contribution in [0.4, 0.5) is 0 Å². The van der Waals surface area contributed by atoms with E-state index in [0.29, 0.717) is 0 Å². The Morgan fingerprint density at radius 3 is 1.96 bits per heavy atom. The quantitative estimate of drug-likeness (QED) is 0.784. The SMILES string of the molecule is CC(C)(C[C@H]1C=CO[C@@H]1CO)[Si](O)(c1ccccc1)c1ccccc1. The maximum Gasteiger partial charge on any atom is 0.258 e. The zero-order chi connectivity index (χ0) is 17.9. The third-order valence-electron chi connectivity index (χ3n) is 5.35. The van der Waals surface area contributed by atoms with Crippen molar-refractivity contribution in [3.63, 3.8) is 0 Å². The van der Waals surface area contributed by atoms with Gasteiger partial charge in [0.05, 0.1) is 12.9 Å². The van der Waals surface area contributed by atoms with Crippen LogP contribution in [0, 0.1) is 5.92 Å². The summed E-state index contributed by atoms with van der Waals surface area (Å²) >= 11 is 0. The molecule has 0 aromatic heterocycles. The molecule has 0 amide bonds. The lowest BCUT2D eigenvalue weighted by atomic mass is 9.92. The number of aliphatic hydroxyl groups is 1. The molecule has 25 heavy (non-hydrogen) atoms. The minimum atomic E-state index is -3.01. The Balaban J connectivity index is 2.03. The molecule has 0 saturated heterocycles. The van der Waals surface area contributed by atoms with Crippen LogP contribution in [0.3, 0.4) is 0 Å². The standard InChI is InChI=1S/C21H26O3Si/c1-21(2,15-17-13-14-24-20(17)16-22)25(23,18-9-5-3-6-10-18)19-11-7-4-8-12-19/h3-14,17,20,22-23H,15-16H2,1-2H3/t17-,20-/m1/s1. The van der Waals surface area contributed by atoms with Crippen LogP contribution >= 0.6 is 0 Å². The molecule has 1 aliphatic rings. The zero-order valence-corrected chi connectivity index (χ0v) is 15.8. The summed E-state index contributed by atoms with van der Waals surface area (Å²) in [5, 5.41) is 11.2. The Hall–Kier alpha value is -1.88. The third kappa shape index (κ3) is 3.30. The van der Waals surface area contributed by atoms with E-state index in [1.165, 1.54) is 0 Å². The Morgan fingerprint density at radius 2 is 1.48 bits per heavy atom. The molecular weight excluding hydrogens is 328 g/mol. The van der Waals surface area contributed by atoms with Crippen LogP contribution in [-0.4, -0.2) is 30.9 Å². The molecule has 0 radical (unpaired) electrons. The first-order valence-electron chi connectivity index (χ1n) is 8.75. The van der Waals surface area contributed by atoms with Gasteiger partial charge in [-0.05, 0) is 27.9 Å². The van der Waals surface area contributed by atoms with Crippen molar-refractivity contribution in [2.45, 2.75) is 31.4 Å². The number of rotatable bonds is 6. The van der Waals surface area contributed by atoms with Crippen molar-refractivity contribution in [2.75, 3.05) is 6.61 Å². The first-order valence-corrected chi connectivity index (χ1v) is 10.7. The number of hydrogen-bond acceptors (Lipinski definition) is 3. The van der Waals surface area contributed by atoms with Gasteiger partial charge in [0.25, 0.3) is 8.32 Å². The second-order valence-electron chi connectivity index (χ2n) is 7.38. The van der Waals surface area contributed by atoms with E-state index in [1.807, 2.05) is 66.7 Å². The van der Waals surface area contributed by atoms with Gasteiger partial charge in [-0.15, -0.1) is 0 Å². The van der Waals surface area contributed by atoms with E-state index >= 15 is 0 Å². The average Bonchev–Trinajstić information content (AvgIpc) is 3.08. The largest absolute Gasteiger partial charge is 0.495 e. The molecule has 1 aliphatic heterocycles. The van der Waals surface area contributed by atoms with Crippen LogP contribution in [0.1, 0.15) is 20.3 Å². The van der Waals surface area contributed by atoms with Gasteiger partial charge < -0.3 is 14.6 Å². The highest BCUT2D eigenvalue weighted by Gasteiger charge is 2.51. The Morgan fingerprint density at radius 1 is 0.960 bits per heavy atom. The van der Waals surface area contributed by atoms with Gasteiger partial charge in [0.1, 0.15) is 6.10 Å². The Kier molecular flexibility index (Phi) is 5.13. The highest BCUT2D eigenvalue weighted by Crippen LogP contribution is 2.43. The first kappa shape index (κ1) is 17.9. The van der Waals surface area contributed by atoms with Crippen LogP contribution in [0.2, 0.25) is 5.04 Å². The summed E-state index contributed by atoms with van der Waals surface area (Å²) in [5.41, 5.74) is 0. The molecule has 0 unspecified atom stereocenters. The van der Waals surface area contributed by atoms with Gasteiger partial charge in [0, 0.05) is 5.92 Å². The molecule has 0 saturated carbocycles. The average molecular weight is 355 g/mol. The Labute approximate surface area is 150 Å². The molecule has 132 valence electrons. The lowest BCUT2D eigenvalue weighted by Gasteiger charge is -2.42. The van der Waals surface area contributed by atoms with E-state index in [-0.39, 0.29) is 23.7 Å². The molecule has 1 heterocycles. The predicted molar refractivity (Wildman–Crippen MR) is 103 cm³/mol. The molecule has 3 rings (SSSR count). The molecule has 2 aromatic rings. The molecule has 2 aromatic carbocycles. The van der Waals surface area contributed by atoms with Crippen molar-refractivity contribution in [1.82, 2.24) is 0 Å². The summed E-state index contributed by atoms with van der Waals surface area (Å²) in [6.07, 6.45) is 4.21. The molecule has 3 nitrogen and oxygen atoms in total. The fourth-order valence-corrected chi connectivity index (χ4v) is 7.67. The van der Waals surface area contributed by atoms with Crippen molar-refractivity contribution in [3.05, 3.63) is 73.0 Å². The van der Waals surface area contributed by atoms with Gasteiger partial charge in [0.15, 0.2) is 0 Å². The molecule has 0 bridgehead atoms. The van der Waals surface area contributed by atoms with E-state index in [9.17, 15) is 9.90 Å². The predicted octanol–water partition coefficient (Wildman–Crippen LogP) is 2.43. The maximum atomic E-state index is 12.1. The summed E-state index contributed by atoms with van der Waals surface area (Å²) in [4.78, 5) is 12.1. The van der Waals surface area contributed by atoms with Crippen molar-refractivity contribution in [1.29, 1.82) is 0 Å². The van der Waals surface area contributed by atoms with Crippen LogP contribution in [0.15, 0.2) is 73.0 Å². The van der Waals surface area contributed by atoms with E-state index in [1.54, 1.807) is 6.26 Å². The van der Waals surface area contributed by atoms with Gasteiger partial charge in [-0.25, -0.2) is 0 Å². The molecule has 2 atom stereocenters. The summed E-state index contributed by atoms with van der Waals surface area (Å²) < 4.78 is 5.49. The lowest BCUT2D eigenvalue weighted by molar-refractivity contribution is 0.0629. The van der Waals surface area contributed by atoms with E-state index < -0.39 is 8.32 Å². The zero-order valence-electron chi connectivity index (χ0n) is 14.8. The molecule has 0 fully saturated rings. The molecule has 0 spiro atoms. The van der Waals surface area contributed by atoms with Crippen LogP contribution < -0.4 is 10.4 Å². The van der Waals surface area contributed by atoms with Crippen molar-refractivity contribution >= 4 is 18.7 Å². The number of aliphatic hydroxyl groups excluding tert-OH is 1. The maximum absolute atomic E-state index is 12.1. The van der Waals surface area contributed by atoms with Crippen LogP contribution in [-0.2, 0) is 4.74 Å².